The fourth-order valence-electron chi connectivity index (χ4n) is 3.10. The van der Waals surface area contributed by atoms with Gasteiger partial charge in [-0.25, -0.2) is 0 Å². The Bertz CT molecular complexity index is 791. The van der Waals surface area contributed by atoms with Gasteiger partial charge in [-0.1, -0.05) is 42.5 Å². The van der Waals surface area contributed by atoms with E-state index in [1.54, 1.807) is 18.4 Å². The maximum Gasteiger partial charge on any atom is 0.167 e. The van der Waals surface area contributed by atoms with Crippen molar-refractivity contribution in [2.24, 2.45) is 5.73 Å². The van der Waals surface area contributed by atoms with Crippen LogP contribution in [0.25, 0.3) is 0 Å². The van der Waals surface area contributed by atoms with E-state index in [1.807, 2.05) is 53.7 Å². The minimum absolute atomic E-state index is 0.0563. The number of nitrogens with two attached hydrogens (primary N) is 1. The number of ether oxygens (including phenoxy) is 1. The van der Waals surface area contributed by atoms with E-state index in [4.69, 9.17) is 15.9 Å². The smallest absolute Gasteiger partial charge is 0.167 e. The van der Waals surface area contributed by atoms with Crippen molar-refractivity contribution in [3.8, 4) is 0 Å². The number of carbonyl (C=O) groups is 1. The monoisotopic (exact) mass is 349 g/mol. The summed E-state index contributed by atoms with van der Waals surface area (Å²) in [6, 6.07) is 9.76. The van der Waals surface area contributed by atoms with Gasteiger partial charge in [0, 0.05) is 30.9 Å². The van der Waals surface area contributed by atoms with Crippen LogP contribution < -0.4 is 5.73 Å². The molecule has 0 bridgehead atoms. The average molecular weight is 349 g/mol. The second-order valence-corrected chi connectivity index (χ2v) is 6.34. The number of amidine groups is 1. The summed E-state index contributed by atoms with van der Waals surface area (Å²) >= 11 is 0. The lowest BCUT2D eigenvalue weighted by atomic mass is 9.83. The predicted molar refractivity (Wildman–Crippen MR) is 102 cm³/mol. The van der Waals surface area contributed by atoms with Crippen LogP contribution in [0.3, 0.4) is 0 Å². The first kappa shape index (κ1) is 17.7. The van der Waals surface area contributed by atoms with Crippen molar-refractivity contribution >= 4 is 11.6 Å². The predicted octanol–water partition coefficient (Wildman–Crippen LogP) is 3.59. The number of hydrogen-bond donors (Lipinski definition) is 2. The maximum absolute atomic E-state index is 12.5. The largest absolute Gasteiger partial charge is 0.462 e. The zero-order chi connectivity index (χ0) is 18.4. The zero-order valence-corrected chi connectivity index (χ0v) is 14.6. The first-order chi connectivity index (χ1) is 12.6. The lowest BCUT2D eigenvalue weighted by molar-refractivity contribution is -0.115. The van der Waals surface area contributed by atoms with Gasteiger partial charge in [0.2, 0.25) is 0 Å². The summed E-state index contributed by atoms with van der Waals surface area (Å²) in [6.45, 7) is 0.809. The first-order valence-electron chi connectivity index (χ1n) is 8.76. The molecule has 0 amide bonds. The SMILES string of the molecule is N=C(N)CCCCN1C=COC(C2=CC=CC(=O)C2c2ccccc2)=C1. The Morgan fingerprint density at radius 3 is 2.81 bits per heavy atom. The van der Waals surface area contributed by atoms with Gasteiger partial charge in [0.15, 0.2) is 5.78 Å². The van der Waals surface area contributed by atoms with Crippen LogP contribution >= 0.6 is 0 Å². The Kier molecular flexibility index (Phi) is 5.69. The minimum Gasteiger partial charge on any atom is -0.462 e. The summed E-state index contributed by atoms with van der Waals surface area (Å²) in [5, 5.41) is 7.28. The number of benzene rings is 1. The zero-order valence-electron chi connectivity index (χ0n) is 14.6. The summed E-state index contributed by atoms with van der Waals surface area (Å²) in [5.41, 5.74) is 7.21. The second kappa shape index (κ2) is 8.34. The minimum atomic E-state index is -0.349. The fourth-order valence-corrected chi connectivity index (χ4v) is 3.10. The highest BCUT2D eigenvalue weighted by atomic mass is 16.5. The van der Waals surface area contributed by atoms with Gasteiger partial charge in [-0.15, -0.1) is 0 Å². The molecule has 3 rings (SSSR count). The molecular formula is C21H23N3O2. The molecule has 134 valence electrons. The van der Waals surface area contributed by atoms with Crippen LogP contribution in [0.5, 0.6) is 0 Å². The molecule has 1 unspecified atom stereocenters. The first-order valence-corrected chi connectivity index (χ1v) is 8.76. The van der Waals surface area contributed by atoms with Crippen molar-refractivity contribution in [2.75, 3.05) is 6.54 Å². The van der Waals surface area contributed by atoms with Crippen molar-refractivity contribution in [3.05, 3.63) is 84.1 Å². The Balaban J connectivity index is 1.75. The molecule has 3 N–H and O–H groups in total. The van der Waals surface area contributed by atoms with Gasteiger partial charge in [0.25, 0.3) is 0 Å². The molecule has 2 aliphatic rings. The summed E-state index contributed by atoms with van der Waals surface area (Å²) < 4.78 is 5.72. The molecule has 5 nitrogen and oxygen atoms in total. The van der Waals surface area contributed by atoms with Crippen molar-refractivity contribution in [3.63, 3.8) is 0 Å². The van der Waals surface area contributed by atoms with Crippen molar-refractivity contribution in [2.45, 2.75) is 25.2 Å². The Labute approximate surface area is 153 Å². The van der Waals surface area contributed by atoms with E-state index in [0.717, 1.165) is 30.5 Å². The summed E-state index contributed by atoms with van der Waals surface area (Å²) in [6.07, 6.45) is 13.2. The average Bonchev–Trinajstić information content (AvgIpc) is 2.66. The van der Waals surface area contributed by atoms with Crippen LogP contribution in [-0.2, 0) is 9.53 Å². The second-order valence-electron chi connectivity index (χ2n) is 6.34. The van der Waals surface area contributed by atoms with E-state index in [1.165, 1.54) is 0 Å². The normalized spacial score (nSPS) is 19.0. The summed E-state index contributed by atoms with van der Waals surface area (Å²) in [5.74, 6) is 0.618. The van der Waals surface area contributed by atoms with Gasteiger partial charge in [-0.3, -0.25) is 10.2 Å². The summed E-state index contributed by atoms with van der Waals surface area (Å²) in [4.78, 5) is 14.6. The highest BCUT2D eigenvalue weighted by Gasteiger charge is 2.29. The van der Waals surface area contributed by atoms with E-state index < -0.39 is 0 Å². The number of unbranched alkanes of at least 4 members (excludes halogenated alkanes) is 1. The van der Waals surface area contributed by atoms with Crippen LogP contribution in [0.1, 0.15) is 30.7 Å². The molecule has 0 saturated heterocycles. The number of hydrogen-bond acceptors (Lipinski definition) is 4. The number of carbonyl (C=O) groups excluding carboxylic acids is 1. The van der Waals surface area contributed by atoms with Gasteiger partial charge in [0.05, 0.1) is 11.8 Å². The van der Waals surface area contributed by atoms with Crippen LogP contribution in [0.15, 0.2) is 78.6 Å². The standard InChI is InChI=1S/C21H23N3O2/c22-20(23)11-4-5-12-24-13-14-26-19(15-24)17-9-6-10-18(25)21(17)16-7-2-1-3-8-16/h1-3,6-10,13-15,21H,4-5,11-12H2,(H3,22,23). The molecule has 0 spiro atoms. The van der Waals surface area contributed by atoms with E-state index in [-0.39, 0.29) is 17.5 Å². The van der Waals surface area contributed by atoms with Crippen molar-refractivity contribution in [1.29, 1.82) is 5.41 Å². The number of allylic oxidation sites excluding steroid dienone is 4. The molecule has 1 aromatic rings. The van der Waals surface area contributed by atoms with Crippen LogP contribution in [-0.4, -0.2) is 23.1 Å². The molecule has 0 saturated carbocycles. The van der Waals surface area contributed by atoms with Gasteiger partial charge < -0.3 is 15.4 Å². The third kappa shape index (κ3) is 4.30. The maximum atomic E-state index is 12.5. The third-order valence-electron chi connectivity index (χ3n) is 4.39. The van der Waals surface area contributed by atoms with Gasteiger partial charge in [-0.2, -0.15) is 0 Å². The van der Waals surface area contributed by atoms with E-state index in [2.05, 4.69) is 0 Å². The lowest BCUT2D eigenvalue weighted by Gasteiger charge is -2.27. The quantitative estimate of drug-likeness (QED) is 0.448. The number of nitrogens with zero attached hydrogens (tertiary/aromatic N) is 1. The molecule has 1 aliphatic heterocycles. The lowest BCUT2D eigenvalue weighted by Crippen LogP contribution is -2.21. The highest BCUT2D eigenvalue weighted by molar-refractivity contribution is 6.00. The van der Waals surface area contributed by atoms with Gasteiger partial charge in [-0.05, 0) is 24.5 Å². The van der Waals surface area contributed by atoms with Crippen LogP contribution in [0, 0.1) is 5.41 Å². The van der Waals surface area contributed by atoms with Crippen molar-refractivity contribution in [1.82, 2.24) is 4.90 Å². The Hall–Kier alpha value is -3.08. The molecule has 1 aromatic carbocycles. The van der Waals surface area contributed by atoms with E-state index in [9.17, 15) is 4.79 Å². The summed E-state index contributed by atoms with van der Waals surface area (Å²) in [7, 11) is 0. The van der Waals surface area contributed by atoms with Gasteiger partial charge >= 0.3 is 0 Å². The molecule has 0 fully saturated rings. The molecule has 1 heterocycles. The highest BCUT2D eigenvalue weighted by Crippen LogP contribution is 2.35. The Morgan fingerprint density at radius 1 is 1.23 bits per heavy atom. The van der Waals surface area contributed by atoms with E-state index in [0.29, 0.717) is 12.2 Å². The number of ketones is 1. The fraction of sp³-hybridized carbons (Fsp3) is 0.238. The topological polar surface area (TPSA) is 79.4 Å². The Morgan fingerprint density at radius 2 is 2.04 bits per heavy atom. The third-order valence-corrected chi connectivity index (χ3v) is 4.39. The molecule has 1 atom stereocenters. The number of rotatable bonds is 7. The van der Waals surface area contributed by atoms with E-state index >= 15 is 0 Å². The van der Waals surface area contributed by atoms with Crippen LogP contribution in [0.2, 0.25) is 0 Å². The number of nitrogens with one attached hydrogen (secondary N) is 1. The van der Waals surface area contributed by atoms with Gasteiger partial charge in [0.1, 0.15) is 12.0 Å². The molecule has 5 heteroatoms. The molecule has 26 heavy (non-hydrogen) atoms. The molecule has 0 aromatic heterocycles. The molecule has 1 aliphatic carbocycles. The molecule has 0 radical (unpaired) electrons. The van der Waals surface area contributed by atoms with Crippen molar-refractivity contribution < 1.29 is 9.53 Å². The molecular weight excluding hydrogens is 326 g/mol. The van der Waals surface area contributed by atoms with Crippen LogP contribution in [0.4, 0.5) is 0 Å².